The molecule has 0 atom stereocenters. The number of hydrogen-bond acceptors (Lipinski definition) is 6. The van der Waals surface area contributed by atoms with E-state index in [9.17, 15) is 9.18 Å². The second kappa shape index (κ2) is 8.48. The molecule has 7 aliphatic carbocycles. The Kier molecular flexibility index (Phi) is 5.03. The molecule has 1 amide bonds. The van der Waals surface area contributed by atoms with Crippen molar-refractivity contribution in [3.8, 4) is 11.1 Å². The van der Waals surface area contributed by atoms with E-state index in [4.69, 9.17) is 9.51 Å². The SMILES string of the molecule is O=C(CC12CC(F)(C1)C2)N(CC12CCC(c3nc(C4CC4)no3)(CC1)CC2)c1cccc(-c2ccn3ncnc3c2)c1. The molecule has 3 heterocycles. The van der Waals surface area contributed by atoms with Gasteiger partial charge in [-0.25, -0.2) is 13.9 Å². The van der Waals surface area contributed by atoms with Gasteiger partial charge in [0.1, 0.15) is 12.0 Å². The summed E-state index contributed by atoms with van der Waals surface area (Å²) in [4.78, 5) is 25.4. The summed E-state index contributed by atoms with van der Waals surface area (Å²) in [6, 6.07) is 12.4. The van der Waals surface area contributed by atoms with Gasteiger partial charge in [0.05, 0.1) is 0 Å². The molecule has 4 bridgehead atoms. The molecule has 42 heavy (non-hydrogen) atoms. The van der Waals surface area contributed by atoms with E-state index in [1.807, 2.05) is 29.3 Å². The molecule has 216 valence electrons. The molecule has 0 aliphatic heterocycles. The van der Waals surface area contributed by atoms with Crippen molar-refractivity contribution < 1.29 is 13.7 Å². The minimum absolute atomic E-state index is 0.0156. The summed E-state index contributed by atoms with van der Waals surface area (Å²) in [5.74, 6) is 2.36. The number of aromatic nitrogens is 5. The average Bonchev–Trinajstić information content (AvgIpc) is 3.51. The van der Waals surface area contributed by atoms with Crippen molar-refractivity contribution in [1.82, 2.24) is 24.7 Å². The van der Waals surface area contributed by atoms with Crippen LogP contribution in [-0.2, 0) is 10.2 Å². The lowest BCUT2D eigenvalue weighted by Crippen LogP contribution is -2.65. The van der Waals surface area contributed by atoms with Gasteiger partial charge in [-0.05, 0) is 117 Å². The van der Waals surface area contributed by atoms with Crippen molar-refractivity contribution in [2.75, 3.05) is 11.4 Å². The topological polar surface area (TPSA) is 89.4 Å². The van der Waals surface area contributed by atoms with E-state index in [-0.39, 0.29) is 22.2 Å². The summed E-state index contributed by atoms with van der Waals surface area (Å²) < 4.78 is 22.0. The fraction of sp³-hybridized carbons (Fsp3) is 0.545. The number of carbonyl (C=O) groups is 1. The molecule has 9 heteroatoms. The van der Waals surface area contributed by atoms with E-state index in [0.29, 0.717) is 38.1 Å². The monoisotopic (exact) mass is 566 g/mol. The lowest BCUT2D eigenvalue weighted by molar-refractivity contribution is -0.215. The maximum Gasteiger partial charge on any atom is 0.232 e. The Labute approximate surface area is 243 Å². The predicted octanol–water partition coefficient (Wildman–Crippen LogP) is 6.56. The number of benzene rings is 1. The van der Waals surface area contributed by atoms with Crippen LogP contribution in [-0.4, -0.2) is 42.9 Å². The number of halogens is 1. The zero-order chi connectivity index (χ0) is 28.2. The average molecular weight is 567 g/mol. The van der Waals surface area contributed by atoms with Crippen molar-refractivity contribution >= 4 is 17.2 Å². The maximum absolute atomic E-state index is 14.4. The molecule has 0 unspecified atom stereocenters. The normalized spacial score (nSPS) is 32.9. The summed E-state index contributed by atoms with van der Waals surface area (Å²) in [6.45, 7) is 0.697. The number of rotatable bonds is 8. The van der Waals surface area contributed by atoms with Gasteiger partial charge in [-0.3, -0.25) is 4.79 Å². The molecule has 7 fully saturated rings. The highest BCUT2D eigenvalue weighted by Gasteiger charge is 2.69. The van der Waals surface area contributed by atoms with E-state index in [1.54, 1.807) is 10.8 Å². The molecular weight excluding hydrogens is 531 g/mol. The number of fused-ring (bicyclic) bond motifs is 4. The first-order chi connectivity index (χ1) is 20.3. The molecule has 0 saturated heterocycles. The first-order valence-corrected chi connectivity index (χ1v) is 15.6. The molecule has 11 rings (SSSR count). The second-order valence-corrected chi connectivity index (χ2v) is 14.4. The zero-order valence-corrected chi connectivity index (χ0v) is 23.8. The number of nitrogens with zero attached hydrogens (tertiary/aromatic N) is 6. The molecule has 3 aromatic heterocycles. The lowest BCUT2D eigenvalue weighted by atomic mass is 9.41. The van der Waals surface area contributed by atoms with Gasteiger partial charge < -0.3 is 9.42 Å². The Morgan fingerprint density at radius 2 is 1.76 bits per heavy atom. The maximum atomic E-state index is 14.4. The Morgan fingerprint density at radius 1 is 1.00 bits per heavy atom. The van der Waals surface area contributed by atoms with Crippen LogP contribution in [0.3, 0.4) is 0 Å². The first-order valence-electron chi connectivity index (χ1n) is 15.6. The Morgan fingerprint density at radius 3 is 2.50 bits per heavy atom. The minimum Gasteiger partial charge on any atom is -0.339 e. The van der Waals surface area contributed by atoms with Crippen LogP contribution in [0.5, 0.6) is 0 Å². The van der Waals surface area contributed by atoms with Gasteiger partial charge in [-0.15, -0.1) is 0 Å². The van der Waals surface area contributed by atoms with E-state index in [1.165, 1.54) is 12.8 Å². The number of hydrogen-bond donors (Lipinski definition) is 0. The van der Waals surface area contributed by atoms with Gasteiger partial charge in [0, 0.05) is 36.2 Å². The summed E-state index contributed by atoms with van der Waals surface area (Å²) in [7, 11) is 0. The van der Waals surface area contributed by atoms with Crippen LogP contribution in [0.2, 0.25) is 0 Å². The largest absolute Gasteiger partial charge is 0.339 e. The third-order valence-corrected chi connectivity index (χ3v) is 11.4. The molecule has 7 saturated carbocycles. The van der Waals surface area contributed by atoms with E-state index >= 15 is 0 Å². The molecule has 0 radical (unpaired) electrons. The van der Waals surface area contributed by atoms with Crippen LogP contribution < -0.4 is 4.90 Å². The number of carbonyl (C=O) groups excluding carboxylic acids is 1. The van der Waals surface area contributed by atoms with Crippen molar-refractivity contribution in [2.45, 2.75) is 94.1 Å². The highest BCUT2D eigenvalue weighted by molar-refractivity contribution is 5.95. The highest BCUT2D eigenvalue weighted by Crippen LogP contribution is 2.71. The number of amides is 1. The summed E-state index contributed by atoms with van der Waals surface area (Å²) >= 11 is 0. The molecule has 0 spiro atoms. The third-order valence-electron chi connectivity index (χ3n) is 11.4. The standard InChI is InChI=1S/C33H35FN6O2/c34-33-17-31(18-33,19-33)16-27(41)39(25-3-1-2-23(14-25)24-6-13-40-26(15-24)35-21-36-40)20-30-7-10-32(11-8-30,12-9-30)29-37-28(38-42-29)22-4-5-22/h1-3,6,13-15,21-22H,4-5,7-12,16-20H2. The molecule has 4 aromatic rings. The van der Waals surface area contributed by atoms with Crippen molar-refractivity contribution in [1.29, 1.82) is 0 Å². The van der Waals surface area contributed by atoms with Crippen LogP contribution in [0, 0.1) is 10.8 Å². The smallest absolute Gasteiger partial charge is 0.232 e. The molecule has 7 aliphatic rings. The molecule has 1 aromatic carbocycles. The minimum atomic E-state index is -1.01. The van der Waals surface area contributed by atoms with E-state index in [0.717, 1.165) is 72.7 Å². The van der Waals surface area contributed by atoms with Gasteiger partial charge in [0.15, 0.2) is 11.5 Å². The van der Waals surface area contributed by atoms with E-state index < -0.39 is 5.67 Å². The van der Waals surface area contributed by atoms with Crippen molar-refractivity contribution in [3.63, 3.8) is 0 Å². The van der Waals surface area contributed by atoms with Crippen LogP contribution >= 0.6 is 0 Å². The Balaban J connectivity index is 0.998. The van der Waals surface area contributed by atoms with Gasteiger partial charge in [-0.1, -0.05) is 17.3 Å². The van der Waals surface area contributed by atoms with Crippen LogP contribution in [0.15, 0.2) is 53.4 Å². The molecule has 0 N–H and O–H groups in total. The van der Waals surface area contributed by atoms with Gasteiger partial charge in [0.25, 0.3) is 0 Å². The van der Waals surface area contributed by atoms with Gasteiger partial charge >= 0.3 is 0 Å². The predicted molar refractivity (Wildman–Crippen MR) is 154 cm³/mol. The fourth-order valence-electron chi connectivity index (χ4n) is 8.75. The second-order valence-electron chi connectivity index (χ2n) is 14.4. The van der Waals surface area contributed by atoms with Gasteiger partial charge in [0.2, 0.25) is 11.8 Å². The number of alkyl halides is 1. The Bertz CT molecular complexity index is 1680. The van der Waals surface area contributed by atoms with Crippen LogP contribution in [0.4, 0.5) is 10.1 Å². The quantitative estimate of drug-likeness (QED) is 0.240. The molecule has 8 nitrogen and oxygen atoms in total. The third kappa shape index (κ3) is 3.88. The Hall–Kier alpha value is -3.62. The zero-order valence-electron chi connectivity index (χ0n) is 23.8. The van der Waals surface area contributed by atoms with Crippen LogP contribution in [0.1, 0.15) is 94.7 Å². The van der Waals surface area contributed by atoms with Crippen molar-refractivity contribution in [2.24, 2.45) is 10.8 Å². The number of anilines is 1. The number of pyridine rings is 1. The molecular formula is C33H35FN6O2. The summed E-state index contributed by atoms with van der Waals surface area (Å²) in [6.07, 6.45) is 14.0. The summed E-state index contributed by atoms with van der Waals surface area (Å²) in [5.41, 5.74) is 2.68. The lowest BCUT2D eigenvalue weighted by Gasteiger charge is -2.66. The first kappa shape index (κ1) is 24.9. The fourth-order valence-corrected chi connectivity index (χ4v) is 8.75. The highest BCUT2D eigenvalue weighted by atomic mass is 19.1. The van der Waals surface area contributed by atoms with Crippen molar-refractivity contribution in [3.05, 3.63) is 60.6 Å². The van der Waals surface area contributed by atoms with E-state index in [2.05, 4.69) is 33.4 Å². The summed E-state index contributed by atoms with van der Waals surface area (Å²) in [5, 5.41) is 8.53. The van der Waals surface area contributed by atoms with Crippen LogP contribution in [0.25, 0.3) is 16.8 Å². The van der Waals surface area contributed by atoms with Gasteiger partial charge in [-0.2, -0.15) is 10.1 Å².